The van der Waals surface area contributed by atoms with Crippen LogP contribution in [0.3, 0.4) is 0 Å². The quantitative estimate of drug-likeness (QED) is 0.165. The molecule has 0 radical (unpaired) electrons. The van der Waals surface area contributed by atoms with Crippen molar-refractivity contribution in [2.24, 2.45) is 0 Å². The number of aromatic nitrogens is 1. The first-order valence-corrected chi connectivity index (χ1v) is 21.1. The molecule has 3 aromatic heterocycles. The van der Waals surface area contributed by atoms with Gasteiger partial charge in [-0.15, -0.1) is 22.7 Å². The topological polar surface area (TPSA) is 4.93 Å². The lowest BCUT2D eigenvalue weighted by atomic mass is 9.92. The van der Waals surface area contributed by atoms with Crippen molar-refractivity contribution in [3.63, 3.8) is 0 Å². The Bertz CT molecular complexity index is 3400. The Labute approximate surface area is 338 Å². The lowest BCUT2D eigenvalue weighted by molar-refractivity contribution is 1.20. The molecule has 9 aromatic carbocycles. The second-order valence-electron chi connectivity index (χ2n) is 14.8. The van der Waals surface area contributed by atoms with E-state index in [1.807, 2.05) is 22.7 Å². The number of benzene rings is 9. The average Bonchev–Trinajstić information content (AvgIpc) is 3.97. The Morgan fingerprint density at radius 2 is 0.842 bits per heavy atom. The van der Waals surface area contributed by atoms with Gasteiger partial charge in [0.15, 0.2) is 0 Å². The summed E-state index contributed by atoms with van der Waals surface area (Å²) in [4.78, 5) is 0. The Morgan fingerprint density at radius 1 is 0.298 bits per heavy atom. The molecule has 0 spiro atoms. The monoisotopic (exact) mass is 759 g/mol. The van der Waals surface area contributed by atoms with Crippen molar-refractivity contribution in [1.29, 1.82) is 0 Å². The summed E-state index contributed by atoms with van der Waals surface area (Å²) < 4.78 is 7.77. The first-order valence-electron chi connectivity index (χ1n) is 19.4. The van der Waals surface area contributed by atoms with E-state index in [9.17, 15) is 0 Å². The van der Waals surface area contributed by atoms with Gasteiger partial charge in [-0.3, -0.25) is 0 Å². The van der Waals surface area contributed by atoms with E-state index in [4.69, 9.17) is 0 Å². The van der Waals surface area contributed by atoms with E-state index in [1.165, 1.54) is 112 Å². The number of hydrogen-bond acceptors (Lipinski definition) is 2. The van der Waals surface area contributed by atoms with Crippen LogP contribution in [0.25, 0.3) is 112 Å². The highest BCUT2D eigenvalue weighted by Gasteiger charge is 2.22. The average molecular weight is 760 g/mol. The highest BCUT2D eigenvalue weighted by atomic mass is 32.1. The predicted octanol–water partition coefficient (Wildman–Crippen LogP) is 16.2. The molecule has 0 atom stereocenters. The van der Waals surface area contributed by atoms with Gasteiger partial charge in [-0.1, -0.05) is 158 Å². The lowest BCUT2D eigenvalue weighted by Gasteiger charge is -2.12. The summed E-state index contributed by atoms with van der Waals surface area (Å²) in [7, 11) is 0. The maximum absolute atomic E-state index is 2.51. The van der Waals surface area contributed by atoms with Gasteiger partial charge in [0.2, 0.25) is 0 Å². The van der Waals surface area contributed by atoms with E-state index in [0.717, 1.165) is 0 Å². The smallest absolute Gasteiger partial charge is 0.0640 e. The van der Waals surface area contributed by atoms with E-state index in [0.29, 0.717) is 0 Å². The highest BCUT2D eigenvalue weighted by molar-refractivity contribution is 7.27. The molecular weight excluding hydrogens is 727 g/mol. The van der Waals surface area contributed by atoms with Crippen LogP contribution in [0.2, 0.25) is 0 Å². The number of nitrogens with zero attached hydrogens (tertiary/aromatic N) is 1. The summed E-state index contributed by atoms with van der Waals surface area (Å²) in [5, 5.41) is 7.78. The van der Waals surface area contributed by atoms with Gasteiger partial charge in [0, 0.05) is 46.4 Å². The molecule has 0 N–H and O–H groups in total. The van der Waals surface area contributed by atoms with E-state index < -0.39 is 0 Å². The summed E-state index contributed by atoms with van der Waals surface area (Å²) in [6, 6.07) is 73.7. The molecule has 266 valence electrons. The minimum absolute atomic E-state index is 1.21. The lowest BCUT2D eigenvalue weighted by Crippen LogP contribution is -1.94. The standard InChI is InChI=1S/C54H33NS2/c1-4-14-34(15-5-1)37-26-30-46-44(32-37)45-33-38(35-16-6-2-7-17-35)27-31-47(45)55(46)48-23-12-22-43-52-41(29-28-39(54(52)57-53(43)48)36-18-8-3-9-19-36)40-21-13-25-50-51(40)42-20-10-11-24-49(42)56-50/h1-33H. The first-order chi connectivity index (χ1) is 28.3. The van der Waals surface area contributed by atoms with Gasteiger partial charge < -0.3 is 4.57 Å². The van der Waals surface area contributed by atoms with Crippen molar-refractivity contribution in [1.82, 2.24) is 4.57 Å². The maximum atomic E-state index is 2.51. The predicted molar refractivity (Wildman–Crippen MR) is 248 cm³/mol. The molecule has 0 amide bonds. The van der Waals surface area contributed by atoms with E-state index >= 15 is 0 Å². The fourth-order valence-electron chi connectivity index (χ4n) is 9.03. The fraction of sp³-hybridized carbons (Fsp3) is 0. The third kappa shape index (κ3) is 5.06. The highest BCUT2D eigenvalue weighted by Crippen LogP contribution is 2.50. The summed E-state index contributed by atoms with van der Waals surface area (Å²) in [5.41, 5.74) is 13.6. The van der Waals surface area contributed by atoms with Gasteiger partial charge in [-0.05, 0) is 87.0 Å². The Hall–Kier alpha value is -6.78. The molecule has 57 heavy (non-hydrogen) atoms. The summed E-state index contributed by atoms with van der Waals surface area (Å²) in [6.07, 6.45) is 0. The van der Waals surface area contributed by atoms with Crippen LogP contribution < -0.4 is 0 Å². The van der Waals surface area contributed by atoms with Crippen LogP contribution in [-0.2, 0) is 0 Å². The summed E-state index contributed by atoms with van der Waals surface area (Å²) >= 11 is 3.81. The van der Waals surface area contributed by atoms with Crippen molar-refractivity contribution >= 4 is 84.8 Å². The number of thiophene rings is 2. The fourth-order valence-corrected chi connectivity index (χ4v) is 11.5. The zero-order valence-corrected chi connectivity index (χ0v) is 32.4. The molecule has 3 heterocycles. The van der Waals surface area contributed by atoms with Gasteiger partial charge in [0.05, 0.1) is 21.4 Å². The Balaban J connectivity index is 1.18. The van der Waals surface area contributed by atoms with Crippen LogP contribution in [-0.4, -0.2) is 4.57 Å². The van der Waals surface area contributed by atoms with Crippen LogP contribution in [0, 0.1) is 0 Å². The van der Waals surface area contributed by atoms with Crippen molar-refractivity contribution in [2.45, 2.75) is 0 Å². The number of fused-ring (bicyclic) bond motifs is 9. The second-order valence-corrected chi connectivity index (χ2v) is 16.9. The van der Waals surface area contributed by atoms with Crippen LogP contribution in [0.4, 0.5) is 0 Å². The third-order valence-electron chi connectivity index (χ3n) is 11.6. The molecule has 1 nitrogen and oxygen atoms in total. The second kappa shape index (κ2) is 12.9. The van der Waals surface area contributed by atoms with Crippen LogP contribution in [0.5, 0.6) is 0 Å². The van der Waals surface area contributed by atoms with Gasteiger partial charge in [-0.2, -0.15) is 0 Å². The molecule has 0 saturated carbocycles. The number of rotatable bonds is 5. The molecular formula is C54H33NS2. The van der Waals surface area contributed by atoms with Gasteiger partial charge in [0.1, 0.15) is 0 Å². The third-order valence-corrected chi connectivity index (χ3v) is 14.0. The molecule has 0 fully saturated rings. The van der Waals surface area contributed by atoms with Crippen LogP contribution in [0.1, 0.15) is 0 Å². The molecule has 0 aliphatic carbocycles. The molecule has 0 saturated heterocycles. The largest absolute Gasteiger partial charge is 0.308 e. The summed E-state index contributed by atoms with van der Waals surface area (Å²) in [6.45, 7) is 0. The zero-order valence-electron chi connectivity index (χ0n) is 30.8. The SMILES string of the molecule is c1ccc(-c2ccc3c(c2)c2cc(-c4ccccc4)ccc2n3-c2cccc3c2sc2c(-c4ccccc4)ccc(-c4cccc5sc6ccccc6c45)c23)cc1. The first kappa shape index (κ1) is 32.5. The van der Waals surface area contributed by atoms with E-state index in [1.54, 1.807) is 0 Å². The normalized spacial score (nSPS) is 11.9. The van der Waals surface area contributed by atoms with Crippen molar-refractivity contribution < 1.29 is 0 Å². The molecule has 0 bridgehead atoms. The molecule has 3 heteroatoms. The molecule has 0 unspecified atom stereocenters. The zero-order chi connectivity index (χ0) is 37.5. The van der Waals surface area contributed by atoms with Gasteiger partial charge >= 0.3 is 0 Å². The maximum Gasteiger partial charge on any atom is 0.0640 e. The van der Waals surface area contributed by atoms with Gasteiger partial charge in [0.25, 0.3) is 0 Å². The van der Waals surface area contributed by atoms with Gasteiger partial charge in [-0.25, -0.2) is 0 Å². The van der Waals surface area contributed by atoms with Crippen molar-refractivity contribution in [2.75, 3.05) is 0 Å². The van der Waals surface area contributed by atoms with Crippen LogP contribution >= 0.6 is 22.7 Å². The summed E-state index contributed by atoms with van der Waals surface area (Å²) in [5.74, 6) is 0. The number of hydrogen-bond donors (Lipinski definition) is 0. The van der Waals surface area contributed by atoms with E-state index in [-0.39, 0.29) is 0 Å². The minimum Gasteiger partial charge on any atom is -0.308 e. The van der Waals surface area contributed by atoms with E-state index in [2.05, 4.69) is 205 Å². The Kier molecular flexibility index (Phi) is 7.34. The van der Waals surface area contributed by atoms with Crippen molar-refractivity contribution in [3.05, 3.63) is 200 Å². The minimum atomic E-state index is 1.21. The van der Waals surface area contributed by atoms with Crippen LogP contribution in [0.15, 0.2) is 200 Å². The molecule has 0 aliphatic heterocycles. The van der Waals surface area contributed by atoms with Crippen molar-refractivity contribution in [3.8, 4) is 50.2 Å². The molecule has 12 rings (SSSR count). The molecule has 12 aromatic rings. The molecule has 0 aliphatic rings. The Morgan fingerprint density at radius 3 is 1.53 bits per heavy atom.